The predicted octanol–water partition coefficient (Wildman–Crippen LogP) is 4.32. The van der Waals surface area contributed by atoms with Gasteiger partial charge in [0.2, 0.25) is 0 Å². The van der Waals surface area contributed by atoms with E-state index in [1.807, 2.05) is 32.9 Å². The predicted molar refractivity (Wildman–Crippen MR) is 108 cm³/mol. The van der Waals surface area contributed by atoms with Crippen LogP contribution in [0, 0.1) is 27.7 Å². The highest BCUT2D eigenvalue weighted by molar-refractivity contribution is 5.86. The summed E-state index contributed by atoms with van der Waals surface area (Å²) in [4.78, 5) is 24.0. The van der Waals surface area contributed by atoms with E-state index < -0.39 is 11.6 Å². The third kappa shape index (κ3) is 3.79. The first-order chi connectivity index (χ1) is 13.3. The Morgan fingerprint density at radius 1 is 1.04 bits per heavy atom. The van der Waals surface area contributed by atoms with Crippen LogP contribution in [0.4, 0.5) is 0 Å². The van der Waals surface area contributed by atoms with E-state index in [1.54, 1.807) is 0 Å². The number of methoxy groups -OCH3 is 1. The van der Waals surface area contributed by atoms with E-state index in [4.69, 9.17) is 9.15 Å². The summed E-state index contributed by atoms with van der Waals surface area (Å²) < 4.78 is 16.2. The fourth-order valence-corrected chi connectivity index (χ4v) is 3.26. The Labute approximate surface area is 163 Å². The van der Waals surface area contributed by atoms with Crippen molar-refractivity contribution in [2.45, 2.75) is 40.7 Å². The van der Waals surface area contributed by atoms with Gasteiger partial charge < -0.3 is 13.9 Å². The summed E-state index contributed by atoms with van der Waals surface area (Å²) >= 11 is 0. The highest BCUT2D eigenvalue weighted by Gasteiger charge is 2.18. The van der Waals surface area contributed by atoms with E-state index in [0.29, 0.717) is 23.5 Å². The average Bonchev–Trinajstić information content (AvgIpc) is 2.67. The molecule has 0 amide bonds. The van der Waals surface area contributed by atoms with E-state index in [-0.39, 0.29) is 6.42 Å². The Kier molecular flexibility index (Phi) is 5.54. The van der Waals surface area contributed by atoms with E-state index in [9.17, 15) is 9.59 Å². The van der Waals surface area contributed by atoms with Gasteiger partial charge in [-0.2, -0.15) is 0 Å². The molecule has 0 N–H and O–H groups in total. The molecular weight excluding hydrogens is 356 g/mol. The van der Waals surface area contributed by atoms with Crippen molar-refractivity contribution >= 4 is 16.9 Å². The minimum atomic E-state index is -0.523. The first-order valence-electron chi connectivity index (χ1n) is 9.13. The summed E-state index contributed by atoms with van der Waals surface area (Å²) in [5, 5.41) is 0.787. The smallest absolute Gasteiger partial charge is 0.340 e. The number of ether oxygens (including phenoxy) is 2. The highest BCUT2D eigenvalue weighted by Crippen LogP contribution is 2.30. The minimum Gasteiger partial charge on any atom is -0.488 e. The van der Waals surface area contributed by atoms with Gasteiger partial charge in [0, 0.05) is 10.9 Å². The van der Waals surface area contributed by atoms with Crippen molar-refractivity contribution in [1.29, 1.82) is 0 Å². The number of rotatable bonds is 5. The van der Waals surface area contributed by atoms with Crippen LogP contribution in [0.3, 0.4) is 0 Å². The van der Waals surface area contributed by atoms with Crippen molar-refractivity contribution in [3.63, 3.8) is 0 Å². The molecule has 3 aromatic rings. The zero-order valence-electron chi connectivity index (χ0n) is 16.8. The molecule has 28 heavy (non-hydrogen) atoms. The van der Waals surface area contributed by atoms with Crippen LogP contribution in [-0.4, -0.2) is 13.1 Å². The summed E-state index contributed by atoms with van der Waals surface area (Å²) in [5.74, 6) is 0.191. The number of carbonyl (C=O) groups excluding carboxylic acids is 1. The van der Waals surface area contributed by atoms with Crippen LogP contribution in [-0.2, 0) is 22.6 Å². The maximum Gasteiger partial charge on any atom is 0.340 e. The second kappa shape index (κ2) is 7.89. The van der Waals surface area contributed by atoms with Crippen molar-refractivity contribution < 1.29 is 18.7 Å². The monoisotopic (exact) mass is 380 g/mol. The molecule has 0 spiro atoms. The molecule has 1 aromatic heterocycles. The third-order valence-electron chi connectivity index (χ3n) is 5.09. The van der Waals surface area contributed by atoms with Gasteiger partial charge in [-0.05, 0) is 56.5 Å². The Balaban J connectivity index is 1.97. The molecule has 5 nitrogen and oxygen atoms in total. The quantitative estimate of drug-likeness (QED) is 0.487. The number of fused-ring (bicyclic) bond motifs is 1. The Bertz CT molecular complexity index is 1110. The van der Waals surface area contributed by atoms with Crippen molar-refractivity contribution in [1.82, 2.24) is 0 Å². The number of benzene rings is 2. The molecule has 0 radical (unpaired) electrons. The fraction of sp³-hybridized carbons (Fsp3) is 0.304. The van der Waals surface area contributed by atoms with Gasteiger partial charge in [0.1, 0.15) is 17.9 Å². The standard InChI is InChI=1S/C23H24O5/c1-13-6-7-14(2)17(10-13)12-27-20-9-8-18-15(3)19(11-21(24)26-5)23(25)28-22(18)16(20)4/h6-10H,11-12H2,1-5H3. The van der Waals surface area contributed by atoms with Gasteiger partial charge in [0.25, 0.3) is 0 Å². The molecule has 0 unspecified atom stereocenters. The lowest BCUT2D eigenvalue weighted by molar-refractivity contribution is -0.139. The van der Waals surface area contributed by atoms with E-state index in [0.717, 1.165) is 22.1 Å². The van der Waals surface area contributed by atoms with Gasteiger partial charge in [0.15, 0.2) is 0 Å². The SMILES string of the molecule is COC(=O)Cc1c(C)c2ccc(OCc3cc(C)ccc3C)c(C)c2oc1=O. The molecule has 0 atom stereocenters. The maximum absolute atomic E-state index is 12.4. The van der Waals surface area contributed by atoms with Crippen LogP contribution in [0.2, 0.25) is 0 Å². The molecule has 2 aromatic carbocycles. The summed E-state index contributed by atoms with van der Waals surface area (Å²) in [5.41, 5.74) is 5.22. The van der Waals surface area contributed by atoms with Gasteiger partial charge in [0.05, 0.1) is 19.1 Å². The summed E-state index contributed by atoms with van der Waals surface area (Å²) in [7, 11) is 1.30. The van der Waals surface area contributed by atoms with Crippen molar-refractivity contribution in [3.05, 3.63) is 74.1 Å². The lowest BCUT2D eigenvalue weighted by Crippen LogP contribution is -2.16. The fourth-order valence-electron chi connectivity index (χ4n) is 3.26. The number of aryl methyl sites for hydroxylation is 4. The topological polar surface area (TPSA) is 65.7 Å². The number of hydrogen-bond acceptors (Lipinski definition) is 5. The first kappa shape index (κ1) is 19.7. The number of carbonyl (C=O) groups is 1. The molecule has 3 rings (SSSR count). The minimum absolute atomic E-state index is 0.107. The molecule has 0 saturated heterocycles. The number of hydrogen-bond donors (Lipinski definition) is 0. The lowest BCUT2D eigenvalue weighted by Gasteiger charge is -2.14. The molecule has 0 aliphatic heterocycles. The molecule has 5 heteroatoms. The zero-order valence-corrected chi connectivity index (χ0v) is 16.8. The Morgan fingerprint density at radius 3 is 2.50 bits per heavy atom. The summed E-state index contributed by atoms with van der Waals surface area (Å²) in [6, 6.07) is 9.99. The van der Waals surface area contributed by atoms with Gasteiger partial charge >= 0.3 is 11.6 Å². The van der Waals surface area contributed by atoms with Crippen molar-refractivity contribution in [3.8, 4) is 5.75 Å². The summed E-state index contributed by atoms with van der Waals surface area (Å²) in [6.07, 6.45) is -0.107. The van der Waals surface area contributed by atoms with Crippen LogP contribution < -0.4 is 10.4 Å². The molecule has 0 bridgehead atoms. The van der Waals surface area contributed by atoms with Gasteiger partial charge in [-0.3, -0.25) is 4.79 Å². The van der Waals surface area contributed by atoms with E-state index in [1.165, 1.54) is 18.2 Å². The molecule has 1 heterocycles. The van der Waals surface area contributed by atoms with Gasteiger partial charge in [-0.1, -0.05) is 23.8 Å². The van der Waals surface area contributed by atoms with Crippen molar-refractivity contribution in [2.24, 2.45) is 0 Å². The molecular formula is C23H24O5. The van der Waals surface area contributed by atoms with E-state index in [2.05, 4.69) is 29.9 Å². The molecule has 0 saturated carbocycles. The third-order valence-corrected chi connectivity index (χ3v) is 5.09. The first-order valence-corrected chi connectivity index (χ1v) is 9.13. The lowest BCUT2D eigenvalue weighted by atomic mass is 10.0. The normalized spacial score (nSPS) is 10.9. The second-order valence-corrected chi connectivity index (χ2v) is 7.03. The maximum atomic E-state index is 12.4. The van der Waals surface area contributed by atoms with Crippen LogP contribution in [0.1, 0.15) is 33.4 Å². The second-order valence-electron chi connectivity index (χ2n) is 7.03. The molecule has 0 aliphatic rings. The largest absolute Gasteiger partial charge is 0.488 e. The van der Waals surface area contributed by atoms with Crippen LogP contribution in [0.25, 0.3) is 11.0 Å². The zero-order chi connectivity index (χ0) is 20.4. The van der Waals surface area contributed by atoms with Gasteiger partial charge in [-0.25, -0.2) is 4.79 Å². The molecule has 0 fully saturated rings. The molecule has 0 aliphatic carbocycles. The van der Waals surface area contributed by atoms with Crippen molar-refractivity contribution in [2.75, 3.05) is 7.11 Å². The average molecular weight is 380 g/mol. The molecule has 146 valence electrons. The van der Waals surface area contributed by atoms with Crippen LogP contribution >= 0.6 is 0 Å². The van der Waals surface area contributed by atoms with E-state index >= 15 is 0 Å². The Hall–Kier alpha value is -3.08. The highest BCUT2D eigenvalue weighted by atomic mass is 16.5. The Morgan fingerprint density at radius 2 is 1.79 bits per heavy atom. The van der Waals surface area contributed by atoms with Crippen LogP contribution in [0.15, 0.2) is 39.5 Å². The van der Waals surface area contributed by atoms with Crippen LogP contribution in [0.5, 0.6) is 5.75 Å². The summed E-state index contributed by atoms with van der Waals surface area (Å²) in [6.45, 7) is 8.21. The number of esters is 1. The van der Waals surface area contributed by atoms with Gasteiger partial charge in [-0.15, -0.1) is 0 Å².